The van der Waals surface area contributed by atoms with E-state index in [0.29, 0.717) is 0 Å². The number of rotatable bonds is 9. The SMILES string of the molecule is C=CCc1c(N)c(CC=C)c(CC=C)c(-c2ccc(N)cc2)c1CC=C.Cl.Cl. The first kappa shape index (κ1) is 25.6. The van der Waals surface area contributed by atoms with Gasteiger partial charge in [0.15, 0.2) is 0 Å². The summed E-state index contributed by atoms with van der Waals surface area (Å²) in [4.78, 5) is 0. The van der Waals surface area contributed by atoms with Gasteiger partial charge in [0.2, 0.25) is 0 Å². The van der Waals surface area contributed by atoms with Crippen LogP contribution in [0.2, 0.25) is 0 Å². The van der Waals surface area contributed by atoms with Gasteiger partial charge in [-0.2, -0.15) is 0 Å². The fourth-order valence-electron chi connectivity index (χ4n) is 3.48. The number of benzene rings is 2. The molecule has 2 nitrogen and oxygen atoms in total. The van der Waals surface area contributed by atoms with E-state index in [2.05, 4.69) is 38.4 Å². The Morgan fingerprint density at radius 2 is 0.964 bits per heavy atom. The van der Waals surface area contributed by atoms with Crippen LogP contribution in [0.1, 0.15) is 22.3 Å². The van der Waals surface area contributed by atoms with E-state index in [1.54, 1.807) is 0 Å². The summed E-state index contributed by atoms with van der Waals surface area (Å²) in [6, 6.07) is 7.99. The smallest absolute Gasteiger partial charge is 0.0391 e. The van der Waals surface area contributed by atoms with Gasteiger partial charge in [0.05, 0.1) is 0 Å². The monoisotopic (exact) mass is 416 g/mol. The third kappa shape index (κ3) is 5.31. The third-order valence-corrected chi connectivity index (χ3v) is 4.58. The number of hydrogen-bond donors (Lipinski definition) is 2. The van der Waals surface area contributed by atoms with Crippen LogP contribution in [-0.2, 0) is 25.7 Å². The van der Waals surface area contributed by atoms with Crippen molar-refractivity contribution >= 4 is 36.2 Å². The highest BCUT2D eigenvalue weighted by molar-refractivity contribution is 5.85. The van der Waals surface area contributed by atoms with Crippen molar-refractivity contribution in [1.29, 1.82) is 0 Å². The topological polar surface area (TPSA) is 52.0 Å². The molecule has 0 saturated carbocycles. The second-order valence-corrected chi connectivity index (χ2v) is 6.30. The Labute approximate surface area is 181 Å². The summed E-state index contributed by atoms with van der Waals surface area (Å²) >= 11 is 0. The molecule has 2 aromatic rings. The number of hydrogen-bond acceptors (Lipinski definition) is 2. The van der Waals surface area contributed by atoms with E-state index in [0.717, 1.165) is 53.7 Å². The van der Waals surface area contributed by atoms with Crippen molar-refractivity contribution in [2.24, 2.45) is 0 Å². The standard InChI is InChI=1S/C24H28N2.2ClH/c1-5-9-19-21(11-7-3)24(26)22(12-8-4)20(10-6-2)23(19)17-13-15-18(25)16-14-17;;/h5-8,13-16H,1-4,9-12,25-26H2;2*1H. The normalized spacial score (nSPS) is 9.57. The molecule has 28 heavy (non-hydrogen) atoms. The molecule has 0 saturated heterocycles. The van der Waals surface area contributed by atoms with Crippen molar-refractivity contribution in [3.63, 3.8) is 0 Å². The lowest BCUT2D eigenvalue weighted by atomic mass is 9.81. The molecule has 0 atom stereocenters. The van der Waals surface area contributed by atoms with Gasteiger partial charge in [-0.15, -0.1) is 51.1 Å². The van der Waals surface area contributed by atoms with Crippen molar-refractivity contribution < 1.29 is 0 Å². The minimum absolute atomic E-state index is 0. The van der Waals surface area contributed by atoms with Gasteiger partial charge < -0.3 is 11.5 Å². The maximum Gasteiger partial charge on any atom is 0.0391 e. The lowest BCUT2D eigenvalue weighted by Gasteiger charge is -2.24. The summed E-state index contributed by atoms with van der Waals surface area (Å²) in [6.45, 7) is 15.7. The number of allylic oxidation sites excluding steroid dienone is 4. The van der Waals surface area contributed by atoms with Gasteiger partial charge in [-0.05, 0) is 71.2 Å². The quantitative estimate of drug-likeness (QED) is 0.373. The van der Waals surface area contributed by atoms with Crippen molar-refractivity contribution in [3.8, 4) is 11.1 Å². The summed E-state index contributed by atoms with van der Waals surface area (Å²) in [6.07, 6.45) is 10.6. The average Bonchev–Trinajstić information content (AvgIpc) is 2.63. The van der Waals surface area contributed by atoms with Crippen LogP contribution >= 0.6 is 24.8 Å². The molecule has 0 aliphatic carbocycles. The lowest BCUT2D eigenvalue weighted by Crippen LogP contribution is -2.10. The maximum atomic E-state index is 6.60. The molecule has 4 heteroatoms. The molecule has 2 aromatic carbocycles. The van der Waals surface area contributed by atoms with Gasteiger partial charge in [0.25, 0.3) is 0 Å². The highest BCUT2D eigenvalue weighted by Crippen LogP contribution is 2.39. The third-order valence-electron chi connectivity index (χ3n) is 4.58. The molecule has 0 unspecified atom stereocenters. The Hall–Kier alpha value is -2.42. The summed E-state index contributed by atoms with van der Waals surface area (Å²) in [5.74, 6) is 0. The molecule has 0 aliphatic rings. The van der Waals surface area contributed by atoms with Crippen LogP contribution < -0.4 is 11.5 Å². The molecule has 2 rings (SSSR count). The summed E-state index contributed by atoms with van der Waals surface area (Å²) < 4.78 is 0. The van der Waals surface area contributed by atoms with Gasteiger partial charge in [-0.25, -0.2) is 0 Å². The van der Waals surface area contributed by atoms with E-state index in [1.165, 1.54) is 16.7 Å². The largest absolute Gasteiger partial charge is 0.399 e. The zero-order valence-corrected chi connectivity index (χ0v) is 17.9. The minimum atomic E-state index is 0. The van der Waals surface area contributed by atoms with Crippen LogP contribution in [0.25, 0.3) is 11.1 Å². The first-order valence-corrected chi connectivity index (χ1v) is 8.83. The molecule has 4 N–H and O–H groups in total. The van der Waals surface area contributed by atoms with E-state index in [-0.39, 0.29) is 24.8 Å². The summed E-state index contributed by atoms with van der Waals surface area (Å²) in [5.41, 5.74) is 21.1. The Morgan fingerprint density at radius 3 is 1.32 bits per heavy atom. The van der Waals surface area contributed by atoms with E-state index < -0.39 is 0 Å². The number of nitrogen functional groups attached to an aromatic ring is 2. The first-order chi connectivity index (χ1) is 12.6. The fraction of sp³-hybridized carbons (Fsp3) is 0.167. The zero-order valence-electron chi connectivity index (χ0n) is 16.2. The zero-order chi connectivity index (χ0) is 19.1. The van der Waals surface area contributed by atoms with Gasteiger partial charge in [0.1, 0.15) is 0 Å². The van der Waals surface area contributed by atoms with Crippen LogP contribution in [0.5, 0.6) is 0 Å². The van der Waals surface area contributed by atoms with Gasteiger partial charge in [0, 0.05) is 11.4 Å². The van der Waals surface area contributed by atoms with Crippen LogP contribution in [0, 0.1) is 0 Å². The number of halogens is 2. The van der Waals surface area contributed by atoms with Crippen LogP contribution in [0.15, 0.2) is 74.9 Å². The van der Waals surface area contributed by atoms with Crippen molar-refractivity contribution in [2.45, 2.75) is 25.7 Å². The highest BCUT2D eigenvalue weighted by Gasteiger charge is 2.21. The lowest BCUT2D eigenvalue weighted by molar-refractivity contribution is 1.09. The minimum Gasteiger partial charge on any atom is -0.399 e. The van der Waals surface area contributed by atoms with Gasteiger partial charge in [-0.3, -0.25) is 0 Å². The summed E-state index contributed by atoms with van der Waals surface area (Å²) in [5, 5.41) is 0. The average molecular weight is 417 g/mol. The Morgan fingerprint density at radius 1 is 0.607 bits per heavy atom. The van der Waals surface area contributed by atoms with Crippen molar-refractivity contribution in [1.82, 2.24) is 0 Å². The molecular formula is C24H30Cl2N2. The maximum absolute atomic E-state index is 6.60. The molecule has 0 radical (unpaired) electrons. The molecule has 0 fully saturated rings. The van der Waals surface area contributed by atoms with Gasteiger partial charge in [-0.1, -0.05) is 36.4 Å². The second-order valence-electron chi connectivity index (χ2n) is 6.30. The Kier molecular flexibility index (Phi) is 11.1. The molecular weight excluding hydrogens is 387 g/mol. The molecule has 0 aromatic heterocycles. The molecule has 0 amide bonds. The Balaban J connectivity index is 0.00000364. The predicted octanol–water partition coefficient (Wildman–Crippen LogP) is 6.28. The van der Waals surface area contributed by atoms with Crippen LogP contribution in [0.3, 0.4) is 0 Å². The molecule has 0 bridgehead atoms. The van der Waals surface area contributed by atoms with E-state index in [1.807, 2.05) is 36.4 Å². The van der Waals surface area contributed by atoms with E-state index in [4.69, 9.17) is 11.5 Å². The molecule has 0 spiro atoms. The molecule has 0 heterocycles. The van der Waals surface area contributed by atoms with E-state index >= 15 is 0 Å². The predicted molar refractivity (Wildman–Crippen MR) is 131 cm³/mol. The van der Waals surface area contributed by atoms with Crippen molar-refractivity contribution in [2.75, 3.05) is 11.5 Å². The van der Waals surface area contributed by atoms with E-state index in [9.17, 15) is 0 Å². The summed E-state index contributed by atoms with van der Waals surface area (Å²) in [7, 11) is 0. The molecule has 150 valence electrons. The van der Waals surface area contributed by atoms with Gasteiger partial charge >= 0.3 is 0 Å². The Bertz CT molecular complexity index is 792. The number of nitrogens with two attached hydrogens (primary N) is 2. The second kappa shape index (κ2) is 12.1. The van der Waals surface area contributed by atoms with Crippen LogP contribution in [0.4, 0.5) is 11.4 Å². The first-order valence-electron chi connectivity index (χ1n) is 8.83. The molecule has 0 aliphatic heterocycles. The fourth-order valence-corrected chi connectivity index (χ4v) is 3.48. The highest BCUT2D eigenvalue weighted by atomic mass is 35.5. The van der Waals surface area contributed by atoms with Crippen LogP contribution in [-0.4, -0.2) is 0 Å². The number of anilines is 2. The van der Waals surface area contributed by atoms with Crippen molar-refractivity contribution in [3.05, 3.63) is 97.1 Å².